The number of benzene rings is 1. The first kappa shape index (κ1) is 24.8. The highest BCUT2D eigenvalue weighted by Crippen LogP contribution is 2.29. The Morgan fingerprint density at radius 2 is 1.88 bits per heavy atom. The lowest BCUT2D eigenvalue weighted by Gasteiger charge is -2.35. The van der Waals surface area contributed by atoms with Crippen molar-refractivity contribution in [2.45, 2.75) is 57.7 Å². The van der Waals surface area contributed by atoms with Gasteiger partial charge in [0, 0.05) is 13.0 Å². The molecule has 0 bridgehead atoms. The molecule has 2 rings (SSSR count). The second-order valence-corrected chi connectivity index (χ2v) is 7.91. The number of aliphatic carboxylic acids is 1. The number of hydrogen-bond acceptors (Lipinski definition) is 6. The molecule has 3 amide bonds. The Kier molecular flexibility index (Phi) is 8.74. The van der Waals surface area contributed by atoms with E-state index in [-0.39, 0.29) is 31.8 Å². The fourth-order valence-corrected chi connectivity index (χ4v) is 3.58. The average molecular weight is 447 g/mol. The Hall–Kier alpha value is -3.43. The minimum Gasteiger partial charge on any atom is -0.481 e. The number of nitrogens with one attached hydrogen (secondary N) is 2. The number of carboxylic acids is 1. The van der Waals surface area contributed by atoms with Gasteiger partial charge in [0.1, 0.15) is 18.7 Å². The van der Waals surface area contributed by atoms with Gasteiger partial charge in [-0.2, -0.15) is 0 Å². The van der Waals surface area contributed by atoms with E-state index in [1.807, 2.05) is 18.2 Å². The molecule has 3 N–H and O–H groups in total. The summed E-state index contributed by atoms with van der Waals surface area (Å²) in [5, 5.41) is 13.8. The van der Waals surface area contributed by atoms with Crippen molar-refractivity contribution in [1.82, 2.24) is 15.5 Å². The molecule has 0 spiro atoms. The molecular weight excluding hydrogens is 418 g/mol. The first-order valence-electron chi connectivity index (χ1n) is 10.4. The quantitative estimate of drug-likeness (QED) is 0.490. The fraction of sp³-hybridized carbons (Fsp3) is 0.500. The van der Waals surface area contributed by atoms with Crippen LogP contribution >= 0.6 is 0 Å². The van der Waals surface area contributed by atoms with Crippen LogP contribution < -0.4 is 10.6 Å². The third kappa shape index (κ3) is 6.79. The van der Waals surface area contributed by atoms with Crippen LogP contribution in [0.1, 0.15) is 45.1 Å². The molecule has 0 aromatic heterocycles. The number of carboxylic acid groups (broad SMARTS) is 1. The molecule has 10 heteroatoms. The number of carbonyl (C=O) groups is 5. The van der Waals surface area contributed by atoms with Gasteiger partial charge in [-0.25, -0.2) is 4.79 Å². The first-order chi connectivity index (χ1) is 15.1. The summed E-state index contributed by atoms with van der Waals surface area (Å²) in [6.45, 7) is 2.91. The zero-order valence-corrected chi connectivity index (χ0v) is 18.3. The van der Waals surface area contributed by atoms with Crippen molar-refractivity contribution in [2.75, 3.05) is 13.1 Å². The van der Waals surface area contributed by atoms with Crippen molar-refractivity contribution in [1.29, 1.82) is 0 Å². The van der Waals surface area contributed by atoms with Crippen LogP contribution in [0.2, 0.25) is 0 Å². The molecular formula is C22H29N3O7. The molecule has 0 aliphatic carbocycles. The van der Waals surface area contributed by atoms with Crippen LogP contribution in [0.5, 0.6) is 0 Å². The number of likely N-dealkylation sites (tertiary alicyclic amines) is 1. The first-order valence-corrected chi connectivity index (χ1v) is 10.4. The van der Waals surface area contributed by atoms with Crippen LogP contribution in [0, 0.1) is 0 Å². The predicted molar refractivity (Wildman–Crippen MR) is 113 cm³/mol. The standard InChI is InChI=1S/C22H29N3O7/c1-15(26)17(9-10-19(28)29)24-20(30)22(2)11-6-12-25(22)18(27)13-23-21(31)32-14-16-7-4-3-5-8-16/h3-5,7-8,17H,6,9-14H2,1-2H3,(H,23,31)(H,24,30)(H,28,29)/t17-,22-/m0/s1. The van der Waals surface area contributed by atoms with Crippen molar-refractivity contribution in [2.24, 2.45) is 0 Å². The van der Waals surface area contributed by atoms with Gasteiger partial charge in [0.05, 0.1) is 6.04 Å². The van der Waals surface area contributed by atoms with Crippen molar-refractivity contribution in [3.05, 3.63) is 35.9 Å². The van der Waals surface area contributed by atoms with E-state index in [0.29, 0.717) is 19.4 Å². The molecule has 174 valence electrons. The maximum Gasteiger partial charge on any atom is 0.407 e. The van der Waals surface area contributed by atoms with Gasteiger partial charge in [0.15, 0.2) is 5.78 Å². The maximum absolute atomic E-state index is 12.9. The Bertz CT molecular complexity index is 858. The molecule has 10 nitrogen and oxygen atoms in total. The molecule has 1 aliphatic rings. The lowest BCUT2D eigenvalue weighted by Crippen LogP contribution is -2.59. The number of carbonyl (C=O) groups excluding carboxylic acids is 4. The SMILES string of the molecule is CC(=O)[C@H](CCC(=O)O)NC(=O)[C@]1(C)CCCN1C(=O)CNC(=O)OCc1ccccc1. The third-order valence-corrected chi connectivity index (χ3v) is 5.47. The summed E-state index contributed by atoms with van der Waals surface area (Å²) in [5.41, 5.74) is -0.399. The normalized spacial score (nSPS) is 18.5. The van der Waals surface area contributed by atoms with Gasteiger partial charge in [-0.1, -0.05) is 30.3 Å². The van der Waals surface area contributed by atoms with E-state index >= 15 is 0 Å². The molecule has 1 saturated heterocycles. The number of ether oxygens (including phenoxy) is 1. The minimum absolute atomic E-state index is 0.0325. The lowest BCUT2D eigenvalue weighted by molar-refractivity contribution is -0.144. The summed E-state index contributed by atoms with van der Waals surface area (Å²) in [7, 11) is 0. The monoisotopic (exact) mass is 447 g/mol. The van der Waals surface area contributed by atoms with Crippen LogP contribution in [0.4, 0.5) is 4.79 Å². The van der Waals surface area contributed by atoms with Crippen LogP contribution in [-0.2, 0) is 30.5 Å². The molecule has 0 radical (unpaired) electrons. The second-order valence-electron chi connectivity index (χ2n) is 7.91. The molecule has 1 heterocycles. The van der Waals surface area contributed by atoms with Crippen LogP contribution in [0.3, 0.4) is 0 Å². The minimum atomic E-state index is -1.20. The Labute approximate surface area is 186 Å². The largest absolute Gasteiger partial charge is 0.481 e. The van der Waals surface area contributed by atoms with Gasteiger partial charge >= 0.3 is 12.1 Å². The van der Waals surface area contributed by atoms with Gasteiger partial charge in [-0.15, -0.1) is 0 Å². The van der Waals surface area contributed by atoms with E-state index in [4.69, 9.17) is 9.84 Å². The number of nitrogens with zero attached hydrogens (tertiary/aromatic N) is 1. The van der Waals surface area contributed by atoms with Crippen molar-refractivity contribution < 1.29 is 33.8 Å². The summed E-state index contributed by atoms with van der Waals surface area (Å²) in [6, 6.07) is 8.14. The summed E-state index contributed by atoms with van der Waals surface area (Å²) in [6.07, 6.45) is -0.0906. The van der Waals surface area contributed by atoms with E-state index in [0.717, 1.165) is 5.56 Å². The number of Topliss-reactive ketones (excluding diaryl/α,β-unsaturated/α-hetero) is 1. The highest BCUT2D eigenvalue weighted by atomic mass is 16.5. The zero-order chi connectivity index (χ0) is 23.7. The summed E-state index contributed by atoms with van der Waals surface area (Å²) in [5.74, 6) is -2.41. The van der Waals surface area contributed by atoms with Crippen LogP contribution in [0.15, 0.2) is 30.3 Å². The fourth-order valence-electron chi connectivity index (χ4n) is 3.58. The molecule has 1 aliphatic heterocycles. The number of rotatable bonds is 10. The zero-order valence-electron chi connectivity index (χ0n) is 18.3. The van der Waals surface area contributed by atoms with E-state index in [1.54, 1.807) is 19.1 Å². The average Bonchev–Trinajstić information content (AvgIpc) is 3.16. The summed E-state index contributed by atoms with van der Waals surface area (Å²) in [4.78, 5) is 61.5. The van der Waals surface area contributed by atoms with Crippen LogP contribution in [0.25, 0.3) is 0 Å². The molecule has 2 atom stereocenters. The molecule has 0 saturated carbocycles. The maximum atomic E-state index is 12.9. The van der Waals surface area contributed by atoms with Gasteiger partial charge < -0.3 is 25.4 Å². The van der Waals surface area contributed by atoms with E-state index < -0.39 is 35.5 Å². The lowest BCUT2D eigenvalue weighted by atomic mass is 9.96. The highest BCUT2D eigenvalue weighted by Gasteiger charge is 2.46. The van der Waals surface area contributed by atoms with Gasteiger partial charge in [0.2, 0.25) is 11.8 Å². The summed E-state index contributed by atoms with van der Waals surface area (Å²) >= 11 is 0. The molecule has 0 unspecified atom stereocenters. The molecule has 1 aromatic rings. The van der Waals surface area contributed by atoms with Gasteiger partial charge in [0.25, 0.3) is 0 Å². The van der Waals surface area contributed by atoms with Crippen molar-refractivity contribution in [3.63, 3.8) is 0 Å². The Morgan fingerprint density at radius 1 is 1.19 bits per heavy atom. The molecule has 1 fully saturated rings. The topological polar surface area (TPSA) is 142 Å². The number of ketones is 1. The number of amides is 3. The van der Waals surface area contributed by atoms with E-state index in [1.165, 1.54) is 11.8 Å². The molecule has 1 aromatic carbocycles. The number of alkyl carbamates (subject to hydrolysis) is 1. The predicted octanol–water partition coefficient (Wildman–Crippen LogP) is 1.23. The number of hydrogen-bond donors (Lipinski definition) is 3. The van der Waals surface area contributed by atoms with Crippen LogP contribution in [-0.4, -0.2) is 64.3 Å². The smallest absolute Gasteiger partial charge is 0.407 e. The highest BCUT2D eigenvalue weighted by molar-refractivity contribution is 5.95. The van der Waals surface area contributed by atoms with Gasteiger partial charge in [-0.3, -0.25) is 19.2 Å². The van der Waals surface area contributed by atoms with Crippen molar-refractivity contribution in [3.8, 4) is 0 Å². The Morgan fingerprint density at radius 3 is 2.50 bits per heavy atom. The molecule has 32 heavy (non-hydrogen) atoms. The van der Waals surface area contributed by atoms with Crippen molar-refractivity contribution >= 4 is 29.7 Å². The second kappa shape index (κ2) is 11.3. The van der Waals surface area contributed by atoms with E-state index in [2.05, 4.69) is 10.6 Å². The third-order valence-electron chi connectivity index (χ3n) is 5.47. The summed E-state index contributed by atoms with van der Waals surface area (Å²) < 4.78 is 5.08. The Balaban J connectivity index is 1.91. The van der Waals surface area contributed by atoms with Gasteiger partial charge in [-0.05, 0) is 38.7 Å². The van der Waals surface area contributed by atoms with E-state index in [9.17, 15) is 24.0 Å².